The summed E-state index contributed by atoms with van der Waals surface area (Å²) in [6, 6.07) is 15.0. The molecule has 0 aliphatic heterocycles. The molecule has 0 fully saturated rings. The molecule has 0 bridgehead atoms. The van der Waals surface area contributed by atoms with E-state index in [2.05, 4.69) is 4.98 Å². The molecule has 0 atom stereocenters. The van der Waals surface area contributed by atoms with Crippen molar-refractivity contribution in [3.05, 3.63) is 81.8 Å². The summed E-state index contributed by atoms with van der Waals surface area (Å²) in [6.07, 6.45) is 1.70. The fourth-order valence-corrected chi connectivity index (χ4v) is 2.84. The average Bonchev–Trinajstić information content (AvgIpc) is 2.96. The summed E-state index contributed by atoms with van der Waals surface area (Å²) in [6.45, 7) is 0. The molecule has 0 spiro atoms. The summed E-state index contributed by atoms with van der Waals surface area (Å²) in [7, 11) is 0. The molecule has 6 heteroatoms. The van der Waals surface area contributed by atoms with Crippen LogP contribution < -0.4 is 5.63 Å². The van der Waals surface area contributed by atoms with Gasteiger partial charge in [-0.2, -0.15) is 0 Å². The van der Waals surface area contributed by atoms with Crippen LogP contribution in [-0.4, -0.2) is 9.55 Å². The number of para-hydroxylation sites is 1. The number of rotatable bonds is 2. The SMILES string of the molecule is O=c1oc2ccccc2cc1-c1cn(-c2ccc(F)cc2)c(=S)[nH]1. The van der Waals surface area contributed by atoms with Crippen molar-refractivity contribution >= 4 is 23.2 Å². The van der Waals surface area contributed by atoms with Crippen LogP contribution in [0.4, 0.5) is 4.39 Å². The summed E-state index contributed by atoms with van der Waals surface area (Å²) < 4.78 is 20.5. The molecule has 4 aromatic rings. The van der Waals surface area contributed by atoms with Crippen LogP contribution in [0.15, 0.2) is 70.0 Å². The molecule has 0 aliphatic rings. The van der Waals surface area contributed by atoms with Gasteiger partial charge in [0.1, 0.15) is 11.4 Å². The van der Waals surface area contributed by atoms with Crippen molar-refractivity contribution in [1.29, 1.82) is 0 Å². The predicted octanol–water partition coefficient (Wildman–Crippen LogP) is 4.45. The van der Waals surface area contributed by atoms with E-state index in [1.807, 2.05) is 18.2 Å². The number of imidazole rings is 1. The first-order valence-corrected chi connectivity index (χ1v) is 7.63. The number of nitrogens with zero attached hydrogens (tertiary/aromatic N) is 1. The molecular weight excluding hydrogens is 327 g/mol. The third kappa shape index (κ3) is 2.47. The molecular formula is C18H11FN2O2S. The largest absolute Gasteiger partial charge is 0.422 e. The standard InChI is InChI=1S/C18H11FN2O2S/c19-12-5-7-13(8-6-12)21-10-15(20-18(21)24)14-9-11-3-1-2-4-16(11)23-17(14)22/h1-10H,(H,20,24). The van der Waals surface area contributed by atoms with Crippen molar-refractivity contribution in [3.8, 4) is 16.9 Å². The van der Waals surface area contributed by atoms with Crippen LogP contribution in [0.5, 0.6) is 0 Å². The van der Waals surface area contributed by atoms with E-state index in [0.717, 1.165) is 5.39 Å². The normalized spacial score (nSPS) is 11.0. The Bertz CT molecular complexity index is 1160. The highest BCUT2D eigenvalue weighted by Crippen LogP contribution is 2.21. The molecule has 4 nitrogen and oxygen atoms in total. The van der Waals surface area contributed by atoms with Crippen molar-refractivity contribution in [2.45, 2.75) is 0 Å². The highest BCUT2D eigenvalue weighted by molar-refractivity contribution is 7.71. The molecule has 0 aliphatic carbocycles. The number of benzene rings is 2. The van der Waals surface area contributed by atoms with E-state index in [0.29, 0.717) is 27.3 Å². The summed E-state index contributed by atoms with van der Waals surface area (Å²) in [5.41, 5.74) is 1.72. The van der Waals surface area contributed by atoms with Crippen molar-refractivity contribution in [3.63, 3.8) is 0 Å². The van der Waals surface area contributed by atoms with E-state index in [1.165, 1.54) is 12.1 Å². The van der Waals surface area contributed by atoms with Gasteiger partial charge < -0.3 is 9.40 Å². The maximum Gasteiger partial charge on any atom is 0.345 e. The number of nitrogens with one attached hydrogen (secondary N) is 1. The van der Waals surface area contributed by atoms with E-state index in [-0.39, 0.29) is 5.82 Å². The zero-order valence-corrected chi connectivity index (χ0v) is 13.1. The topological polar surface area (TPSA) is 50.9 Å². The number of H-pyrrole nitrogens is 1. The summed E-state index contributed by atoms with van der Waals surface area (Å²) in [4.78, 5) is 15.3. The maximum absolute atomic E-state index is 13.1. The Morgan fingerprint density at radius 1 is 1.08 bits per heavy atom. The van der Waals surface area contributed by atoms with Crippen LogP contribution in [0.25, 0.3) is 27.9 Å². The second kappa shape index (κ2) is 5.58. The molecule has 2 aromatic carbocycles. The minimum absolute atomic E-state index is 0.323. The van der Waals surface area contributed by atoms with Gasteiger partial charge in [0.25, 0.3) is 0 Å². The Labute approximate surface area is 140 Å². The van der Waals surface area contributed by atoms with Crippen LogP contribution in [0.2, 0.25) is 0 Å². The molecule has 2 heterocycles. The zero-order valence-electron chi connectivity index (χ0n) is 12.3. The van der Waals surface area contributed by atoms with Gasteiger partial charge in [0.05, 0.1) is 11.3 Å². The monoisotopic (exact) mass is 338 g/mol. The number of hydrogen-bond acceptors (Lipinski definition) is 3. The predicted molar refractivity (Wildman–Crippen MR) is 92.4 cm³/mol. The molecule has 0 saturated heterocycles. The maximum atomic E-state index is 13.1. The lowest BCUT2D eigenvalue weighted by atomic mass is 10.1. The van der Waals surface area contributed by atoms with E-state index >= 15 is 0 Å². The van der Waals surface area contributed by atoms with Crippen molar-refractivity contribution in [2.75, 3.05) is 0 Å². The molecule has 1 N–H and O–H groups in total. The fraction of sp³-hybridized carbons (Fsp3) is 0. The Morgan fingerprint density at radius 3 is 2.62 bits per heavy atom. The number of fused-ring (bicyclic) bond motifs is 1. The molecule has 0 amide bonds. The number of hydrogen-bond donors (Lipinski definition) is 1. The van der Waals surface area contributed by atoms with E-state index in [9.17, 15) is 9.18 Å². The fourth-order valence-electron chi connectivity index (χ4n) is 2.58. The summed E-state index contributed by atoms with van der Waals surface area (Å²) in [5, 5.41) is 0.820. The molecule has 24 heavy (non-hydrogen) atoms. The number of halogens is 1. The van der Waals surface area contributed by atoms with Gasteiger partial charge in [-0.05, 0) is 48.6 Å². The van der Waals surface area contributed by atoms with Crippen LogP contribution in [0.1, 0.15) is 0 Å². The highest BCUT2D eigenvalue weighted by Gasteiger charge is 2.11. The first-order chi connectivity index (χ1) is 11.6. The average molecular weight is 338 g/mol. The smallest absolute Gasteiger partial charge is 0.345 e. The van der Waals surface area contributed by atoms with E-state index < -0.39 is 5.63 Å². The summed E-state index contributed by atoms with van der Waals surface area (Å²) >= 11 is 5.31. The summed E-state index contributed by atoms with van der Waals surface area (Å²) in [5.74, 6) is -0.323. The van der Waals surface area contributed by atoms with Gasteiger partial charge in [0.15, 0.2) is 4.77 Å². The lowest BCUT2D eigenvalue weighted by molar-refractivity contribution is 0.563. The first-order valence-electron chi connectivity index (χ1n) is 7.23. The Balaban J connectivity index is 1.88. The van der Waals surface area contributed by atoms with Gasteiger partial charge in [-0.25, -0.2) is 9.18 Å². The second-order valence-corrected chi connectivity index (χ2v) is 5.69. The van der Waals surface area contributed by atoms with Crippen LogP contribution in [-0.2, 0) is 0 Å². The number of aromatic amines is 1. The lowest BCUT2D eigenvalue weighted by Gasteiger charge is -2.01. The molecule has 4 rings (SSSR count). The lowest BCUT2D eigenvalue weighted by Crippen LogP contribution is -2.02. The second-order valence-electron chi connectivity index (χ2n) is 5.30. The minimum Gasteiger partial charge on any atom is -0.422 e. The Morgan fingerprint density at radius 2 is 1.83 bits per heavy atom. The third-order valence-corrected chi connectivity index (χ3v) is 4.05. The van der Waals surface area contributed by atoms with E-state index in [1.54, 1.807) is 35.0 Å². The van der Waals surface area contributed by atoms with Crippen LogP contribution in [0.3, 0.4) is 0 Å². The van der Waals surface area contributed by atoms with Gasteiger partial charge in [-0.15, -0.1) is 0 Å². The Hall–Kier alpha value is -2.99. The van der Waals surface area contributed by atoms with Crippen molar-refractivity contribution < 1.29 is 8.81 Å². The molecule has 2 aromatic heterocycles. The first kappa shape index (κ1) is 14.6. The van der Waals surface area contributed by atoms with Crippen molar-refractivity contribution in [1.82, 2.24) is 9.55 Å². The van der Waals surface area contributed by atoms with Gasteiger partial charge in [0, 0.05) is 17.3 Å². The van der Waals surface area contributed by atoms with Crippen LogP contribution >= 0.6 is 12.2 Å². The molecule has 118 valence electrons. The van der Waals surface area contributed by atoms with Gasteiger partial charge >= 0.3 is 5.63 Å². The van der Waals surface area contributed by atoms with Gasteiger partial charge in [0.2, 0.25) is 0 Å². The van der Waals surface area contributed by atoms with Crippen molar-refractivity contribution in [2.24, 2.45) is 0 Å². The van der Waals surface area contributed by atoms with E-state index in [4.69, 9.17) is 16.6 Å². The van der Waals surface area contributed by atoms with Gasteiger partial charge in [-0.1, -0.05) is 18.2 Å². The molecule has 0 unspecified atom stereocenters. The number of aromatic nitrogens is 2. The highest BCUT2D eigenvalue weighted by atomic mass is 32.1. The zero-order chi connectivity index (χ0) is 16.7. The minimum atomic E-state index is -0.448. The van der Waals surface area contributed by atoms with Crippen LogP contribution in [0, 0.1) is 10.6 Å². The quantitative estimate of drug-likeness (QED) is 0.434. The van der Waals surface area contributed by atoms with Gasteiger partial charge in [-0.3, -0.25) is 4.57 Å². The Kier molecular flexibility index (Phi) is 3.39. The molecule has 0 radical (unpaired) electrons. The molecule has 0 saturated carbocycles. The third-order valence-electron chi connectivity index (χ3n) is 3.75.